The van der Waals surface area contributed by atoms with Crippen molar-refractivity contribution in [3.8, 4) is 0 Å². The Balaban J connectivity index is 1.29. The molecule has 3 heterocycles. The maximum atomic E-state index is 13.3. The molecule has 3 aliphatic heterocycles. The van der Waals surface area contributed by atoms with Crippen molar-refractivity contribution in [2.45, 2.75) is 31.3 Å². The number of rotatable bonds is 3. The van der Waals surface area contributed by atoms with E-state index in [0.717, 1.165) is 44.2 Å². The molecule has 0 bridgehead atoms. The average molecular weight is 350 g/mol. The first-order chi connectivity index (χ1) is 12.0. The predicted molar refractivity (Wildman–Crippen MR) is 89.3 cm³/mol. The highest BCUT2D eigenvalue weighted by Gasteiger charge is 2.48. The molecule has 0 N–H and O–H groups in total. The fourth-order valence-electron chi connectivity index (χ4n) is 4.29. The van der Waals surface area contributed by atoms with E-state index in [9.17, 15) is 13.6 Å². The molecule has 1 aromatic rings. The quantitative estimate of drug-likeness (QED) is 0.840. The molecule has 6 heteroatoms. The standard InChI is InChI=1S/C19H24F2N2O2/c20-16-7-15(8-17(21)9-16)18(24)23-12-19(13-23)4-3-14(11-25-19)10-22-5-1-2-6-22/h7-9,14H,1-6,10-13H2/t14-/m1/s1. The van der Waals surface area contributed by atoms with E-state index >= 15 is 0 Å². The zero-order valence-corrected chi connectivity index (χ0v) is 14.3. The highest BCUT2D eigenvalue weighted by atomic mass is 19.1. The monoisotopic (exact) mass is 350 g/mol. The van der Waals surface area contributed by atoms with Crippen LogP contribution in [-0.2, 0) is 4.74 Å². The fraction of sp³-hybridized carbons (Fsp3) is 0.632. The minimum atomic E-state index is -0.725. The Kier molecular flexibility index (Phi) is 4.50. The second kappa shape index (κ2) is 6.65. The van der Waals surface area contributed by atoms with E-state index in [2.05, 4.69) is 4.90 Å². The van der Waals surface area contributed by atoms with Crippen LogP contribution in [-0.4, -0.2) is 60.6 Å². The van der Waals surface area contributed by atoms with E-state index in [0.29, 0.717) is 19.0 Å². The molecule has 3 fully saturated rings. The summed E-state index contributed by atoms with van der Waals surface area (Å²) in [4.78, 5) is 16.5. The summed E-state index contributed by atoms with van der Waals surface area (Å²) in [7, 11) is 0. The topological polar surface area (TPSA) is 32.8 Å². The van der Waals surface area contributed by atoms with Crippen LogP contribution in [0.2, 0.25) is 0 Å². The van der Waals surface area contributed by atoms with Gasteiger partial charge in [-0.05, 0) is 56.8 Å². The number of halogens is 2. The number of likely N-dealkylation sites (tertiary alicyclic amines) is 2. The number of benzene rings is 1. The number of carbonyl (C=O) groups is 1. The SMILES string of the molecule is O=C(c1cc(F)cc(F)c1)N1CC2(CC[C@H](CN3CCCC3)CO2)C1. The van der Waals surface area contributed by atoms with Gasteiger partial charge in [0.05, 0.1) is 19.7 Å². The highest BCUT2D eigenvalue weighted by Crippen LogP contribution is 2.37. The van der Waals surface area contributed by atoms with E-state index in [1.165, 1.54) is 25.9 Å². The number of carbonyl (C=O) groups excluding carboxylic acids is 1. The van der Waals surface area contributed by atoms with Gasteiger partial charge in [0.15, 0.2) is 0 Å². The fourth-order valence-corrected chi connectivity index (χ4v) is 4.29. The van der Waals surface area contributed by atoms with Crippen molar-refractivity contribution < 1.29 is 18.3 Å². The number of hydrogen-bond donors (Lipinski definition) is 0. The van der Waals surface area contributed by atoms with Gasteiger partial charge in [-0.25, -0.2) is 8.78 Å². The minimum absolute atomic E-state index is 0.0649. The summed E-state index contributed by atoms with van der Waals surface area (Å²) in [6, 6.07) is 2.95. The maximum Gasteiger partial charge on any atom is 0.254 e. The van der Waals surface area contributed by atoms with E-state index in [1.54, 1.807) is 4.90 Å². The Morgan fingerprint density at radius 2 is 1.84 bits per heavy atom. The van der Waals surface area contributed by atoms with Gasteiger partial charge in [-0.3, -0.25) is 4.79 Å². The molecule has 4 nitrogen and oxygen atoms in total. The van der Waals surface area contributed by atoms with Crippen LogP contribution in [0.5, 0.6) is 0 Å². The van der Waals surface area contributed by atoms with Crippen LogP contribution in [0.15, 0.2) is 18.2 Å². The zero-order chi connectivity index (χ0) is 17.4. The number of amides is 1. The highest BCUT2D eigenvalue weighted by molar-refractivity contribution is 5.95. The zero-order valence-electron chi connectivity index (χ0n) is 14.3. The molecular weight excluding hydrogens is 326 g/mol. The van der Waals surface area contributed by atoms with Crippen molar-refractivity contribution >= 4 is 5.91 Å². The molecule has 1 spiro atoms. The predicted octanol–water partition coefficient (Wildman–Crippen LogP) is 2.68. The van der Waals surface area contributed by atoms with Crippen molar-refractivity contribution in [3.05, 3.63) is 35.4 Å². The summed E-state index contributed by atoms with van der Waals surface area (Å²) in [6.07, 6.45) is 4.67. The van der Waals surface area contributed by atoms with Crippen LogP contribution in [0, 0.1) is 17.6 Å². The number of ether oxygens (including phenoxy) is 1. The van der Waals surface area contributed by atoms with Gasteiger partial charge < -0.3 is 14.5 Å². The summed E-state index contributed by atoms with van der Waals surface area (Å²) in [5, 5.41) is 0. The van der Waals surface area contributed by atoms with Gasteiger partial charge >= 0.3 is 0 Å². The molecular formula is C19H24F2N2O2. The lowest BCUT2D eigenvalue weighted by Crippen LogP contribution is -2.66. The van der Waals surface area contributed by atoms with Gasteiger partial charge in [-0.15, -0.1) is 0 Å². The first kappa shape index (κ1) is 16.9. The molecule has 3 saturated heterocycles. The Labute approximate surface area is 146 Å². The van der Waals surface area contributed by atoms with Gasteiger partial charge in [0.1, 0.15) is 17.2 Å². The van der Waals surface area contributed by atoms with Crippen molar-refractivity contribution in [2.75, 3.05) is 39.3 Å². The van der Waals surface area contributed by atoms with Crippen LogP contribution >= 0.6 is 0 Å². The lowest BCUT2D eigenvalue weighted by molar-refractivity contribution is -0.168. The van der Waals surface area contributed by atoms with Gasteiger partial charge in [-0.1, -0.05) is 0 Å². The van der Waals surface area contributed by atoms with E-state index in [1.807, 2.05) is 0 Å². The van der Waals surface area contributed by atoms with Crippen molar-refractivity contribution in [1.29, 1.82) is 0 Å². The second-order valence-electron chi connectivity index (χ2n) is 7.73. The van der Waals surface area contributed by atoms with Crippen LogP contribution < -0.4 is 0 Å². The van der Waals surface area contributed by atoms with Gasteiger partial charge in [0.2, 0.25) is 0 Å². The van der Waals surface area contributed by atoms with Crippen LogP contribution in [0.3, 0.4) is 0 Å². The molecule has 3 aliphatic rings. The first-order valence-corrected chi connectivity index (χ1v) is 9.15. The lowest BCUT2D eigenvalue weighted by atomic mass is 9.82. The van der Waals surface area contributed by atoms with Crippen LogP contribution in [0.4, 0.5) is 8.78 Å². The van der Waals surface area contributed by atoms with Crippen LogP contribution in [0.1, 0.15) is 36.0 Å². The summed E-state index contributed by atoms with van der Waals surface area (Å²) >= 11 is 0. The molecule has 1 atom stereocenters. The first-order valence-electron chi connectivity index (χ1n) is 9.15. The van der Waals surface area contributed by atoms with E-state index < -0.39 is 11.6 Å². The average Bonchev–Trinajstić information content (AvgIpc) is 3.05. The van der Waals surface area contributed by atoms with E-state index in [4.69, 9.17) is 4.74 Å². The summed E-state index contributed by atoms with van der Waals surface area (Å²) in [5.74, 6) is -1.20. The molecule has 1 amide bonds. The molecule has 0 aromatic heterocycles. The lowest BCUT2D eigenvalue weighted by Gasteiger charge is -2.53. The summed E-state index contributed by atoms with van der Waals surface area (Å²) < 4.78 is 32.7. The largest absolute Gasteiger partial charge is 0.371 e. The molecule has 25 heavy (non-hydrogen) atoms. The third-order valence-electron chi connectivity index (χ3n) is 5.70. The Hall–Kier alpha value is -1.53. The molecule has 136 valence electrons. The third-order valence-corrected chi connectivity index (χ3v) is 5.70. The molecule has 0 radical (unpaired) electrons. The smallest absolute Gasteiger partial charge is 0.254 e. The maximum absolute atomic E-state index is 13.3. The van der Waals surface area contributed by atoms with Gasteiger partial charge in [0.25, 0.3) is 5.91 Å². The Morgan fingerprint density at radius 3 is 2.44 bits per heavy atom. The van der Waals surface area contributed by atoms with E-state index in [-0.39, 0.29) is 17.1 Å². The number of nitrogens with zero attached hydrogens (tertiary/aromatic N) is 2. The van der Waals surface area contributed by atoms with Crippen molar-refractivity contribution in [1.82, 2.24) is 9.80 Å². The summed E-state index contributed by atoms with van der Waals surface area (Å²) in [5.41, 5.74) is -0.182. The number of hydrogen-bond acceptors (Lipinski definition) is 3. The Bertz CT molecular complexity index is 625. The molecule has 0 unspecified atom stereocenters. The third kappa shape index (κ3) is 3.55. The molecule has 0 saturated carbocycles. The van der Waals surface area contributed by atoms with Gasteiger partial charge in [0, 0.05) is 18.2 Å². The van der Waals surface area contributed by atoms with Crippen molar-refractivity contribution in [3.63, 3.8) is 0 Å². The van der Waals surface area contributed by atoms with Crippen LogP contribution in [0.25, 0.3) is 0 Å². The normalized spacial score (nSPS) is 26.0. The molecule has 0 aliphatic carbocycles. The Morgan fingerprint density at radius 1 is 1.16 bits per heavy atom. The second-order valence-corrected chi connectivity index (χ2v) is 7.73. The van der Waals surface area contributed by atoms with Gasteiger partial charge in [-0.2, -0.15) is 0 Å². The van der Waals surface area contributed by atoms with Crippen molar-refractivity contribution in [2.24, 2.45) is 5.92 Å². The minimum Gasteiger partial charge on any atom is -0.371 e. The summed E-state index contributed by atoms with van der Waals surface area (Å²) in [6.45, 7) is 5.29. The molecule has 1 aromatic carbocycles. The molecule has 4 rings (SSSR count).